The van der Waals surface area contributed by atoms with Gasteiger partial charge in [0.2, 0.25) is 0 Å². The van der Waals surface area contributed by atoms with E-state index in [1.165, 1.54) is 4.88 Å². The summed E-state index contributed by atoms with van der Waals surface area (Å²) >= 11 is 7.82. The van der Waals surface area contributed by atoms with Crippen LogP contribution in [0.25, 0.3) is 0 Å². The number of hydrogen-bond acceptors (Lipinski definition) is 3. The summed E-state index contributed by atoms with van der Waals surface area (Å²) in [6.45, 7) is 1.15. The fourth-order valence-electron chi connectivity index (χ4n) is 1.61. The fourth-order valence-corrected chi connectivity index (χ4v) is 2.47. The molecule has 90 valence electrons. The second kappa shape index (κ2) is 6.05. The normalized spacial score (nSPS) is 10.5. The highest BCUT2D eigenvalue weighted by Crippen LogP contribution is 2.30. The van der Waals surface area contributed by atoms with Gasteiger partial charge in [0.05, 0.1) is 5.02 Å². The largest absolute Gasteiger partial charge is 0.486 e. The highest BCUT2D eigenvalue weighted by molar-refractivity contribution is 7.09. The van der Waals surface area contributed by atoms with Crippen molar-refractivity contribution in [2.75, 3.05) is 6.54 Å². The molecule has 1 aromatic heterocycles. The molecule has 1 heterocycles. The summed E-state index contributed by atoms with van der Waals surface area (Å²) in [6, 6.07) is 9.82. The van der Waals surface area contributed by atoms with E-state index >= 15 is 0 Å². The molecule has 0 aliphatic rings. The summed E-state index contributed by atoms with van der Waals surface area (Å²) in [4.78, 5) is 1.18. The van der Waals surface area contributed by atoms with Gasteiger partial charge in [0.25, 0.3) is 0 Å². The molecule has 1 aromatic carbocycles. The van der Waals surface area contributed by atoms with E-state index in [1.807, 2.05) is 35.7 Å². The number of para-hydroxylation sites is 1. The Hall–Kier alpha value is -1.03. The van der Waals surface area contributed by atoms with Crippen LogP contribution >= 0.6 is 22.9 Å². The Bertz CT molecular complexity index is 470. The molecule has 2 rings (SSSR count). The number of benzene rings is 1. The van der Waals surface area contributed by atoms with Crippen LogP contribution in [0.4, 0.5) is 0 Å². The van der Waals surface area contributed by atoms with Crippen molar-refractivity contribution in [3.63, 3.8) is 0 Å². The van der Waals surface area contributed by atoms with Gasteiger partial charge in [-0.3, -0.25) is 0 Å². The third kappa shape index (κ3) is 3.22. The maximum Gasteiger partial charge on any atom is 0.141 e. The lowest BCUT2D eigenvalue weighted by Gasteiger charge is -2.11. The first-order valence-electron chi connectivity index (χ1n) is 5.44. The van der Waals surface area contributed by atoms with Gasteiger partial charge in [-0.1, -0.05) is 29.8 Å². The molecule has 0 aliphatic heterocycles. The summed E-state index contributed by atoms with van der Waals surface area (Å²) in [5.74, 6) is 0.757. The molecule has 0 atom stereocenters. The molecule has 2 aromatic rings. The lowest BCUT2D eigenvalue weighted by atomic mass is 10.1. The summed E-state index contributed by atoms with van der Waals surface area (Å²) < 4.78 is 5.79. The lowest BCUT2D eigenvalue weighted by molar-refractivity contribution is 0.307. The van der Waals surface area contributed by atoms with Gasteiger partial charge in [0.15, 0.2) is 0 Å². The van der Waals surface area contributed by atoms with Gasteiger partial charge < -0.3 is 10.5 Å². The van der Waals surface area contributed by atoms with Gasteiger partial charge in [0.1, 0.15) is 12.4 Å². The molecule has 0 fully saturated rings. The van der Waals surface area contributed by atoms with Crippen molar-refractivity contribution in [2.45, 2.75) is 13.0 Å². The number of halogens is 1. The third-order valence-electron chi connectivity index (χ3n) is 2.40. The van der Waals surface area contributed by atoms with Crippen molar-refractivity contribution in [1.29, 1.82) is 0 Å². The Balaban J connectivity index is 2.13. The average Bonchev–Trinajstić information content (AvgIpc) is 2.82. The van der Waals surface area contributed by atoms with E-state index in [2.05, 4.69) is 0 Å². The molecule has 0 saturated heterocycles. The van der Waals surface area contributed by atoms with E-state index in [0.717, 1.165) is 17.7 Å². The van der Waals surface area contributed by atoms with Crippen LogP contribution in [0.3, 0.4) is 0 Å². The highest BCUT2D eigenvalue weighted by Gasteiger charge is 2.08. The van der Waals surface area contributed by atoms with E-state index in [9.17, 15) is 0 Å². The summed E-state index contributed by atoms with van der Waals surface area (Å²) in [6.07, 6.45) is 0.778. The number of thiophene rings is 1. The molecule has 0 saturated carbocycles. The van der Waals surface area contributed by atoms with Crippen LogP contribution in [0.5, 0.6) is 5.75 Å². The van der Waals surface area contributed by atoms with Gasteiger partial charge >= 0.3 is 0 Å². The zero-order valence-corrected chi connectivity index (χ0v) is 10.9. The van der Waals surface area contributed by atoms with E-state index in [-0.39, 0.29) is 0 Å². The van der Waals surface area contributed by atoms with Crippen molar-refractivity contribution in [3.8, 4) is 5.75 Å². The molecule has 17 heavy (non-hydrogen) atoms. The lowest BCUT2D eigenvalue weighted by Crippen LogP contribution is -2.05. The predicted molar refractivity (Wildman–Crippen MR) is 72.9 cm³/mol. The smallest absolute Gasteiger partial charge is 0.141 e. The zero-order valence-electron chi connectivity index (χ0n) is 9.36. The average molecular weight is 268 g/mol. The van der Waals surface area contributed by atoms with Crippen molar-refractivity contribution < 1.29 is 4.74 Å². The van der Waals surface area contributed by atoms with E-state index in [0.29, 0.717) is 18.2 Å². The fraction of sp³-hybridized carbons (Fsp3) is 0.231. The second-order valence-corrected chi connectivity index (χ2v) is 5.07. The molecule has 0 spiro atoms. The highest BCUT2D eigenvalue weighted by atomic mass is 35.5. The first kappa shape index (κ1) is 12.4. The van der Waals surface area contributed by atoms with Gasteiger partial charge in [-0.25, -0.2) is 0 Å². The molecule has 2 nitrogen and oxygen atoms in total. The standard InChI is InChI=1S/C13H14ClNOS/c14-12-5-1-3-10(6-7-15)13(12)16-9-11-4-2-8-17-11/h1-5,8H,6-7,9,15H2. The molecular formula is C13H14ClNOS. The molecule has 0 amide bonds. The SMILES string of the molecule is NCCc1cccc(Cl)c1OCc1cccs1. The maximum absolute atomic E-state index is 6.14. The summed E-state index contributed by atoms with van der Waals surface area (Å²) in [5, 5.41) is 2.68. The minimum Gasteiger partial charge on any atom is -0.486 e. The van der Waals surface area contributed by atoms with Crippen molar-refractivity contribution in [2.24, 2.45) is 5.73 Å². The molecule has 2 N–H and O–H groups in total. The molecule has 0 unspecified atom stereocenters. The minimum absolute atomic E-state index is 0.555. The number of ether oxygens (including phenoxy) is 1. The molecular weight excluding hydrogens is 254 g/mol. The zero-order chi connectivity index (χ0) is 12.1. The van der Waals surface area contributed by atoms with Crippen LogP contribution < -0.4 is 10.5 Å². The predicted octanol–water partition coefficient (Wildman–Crippen LogP) is 3.48. The quantitative estimate of drug-likeness (QED) is 0.900. The topological polar surface area (TPSA) is 35.2 Å². The van der Waals surface area contributed by atoms with Crippen LogP contribution in [0.2, 0.25) is 5.02 Å². The van der Waals surface area contributed by atoms with Gasteiger partial charge in [0, 0.05) is 4.88 Å². The third-order valence-corrected chi connectivity index (χ3v) is 3.55. The Kier molecular flexibility index (Phi) is 4.42. The van der Waals surface area contributed by atoms with Crippen LogP contribution in [0.15, 0.2) is 35.7 Å². The number of hydrogen-bond donors (Lipinski definition) is 1. The molecule has 0 radical (unpaired) electrons. The summed E-state index contributed by atoms with van der Waals surface area (Å²) in [5.41, 5.74) is 6.64. The van der Waals surface area contributed by atoms with Crippen LogP contribution in [-0.4, -0.2) is 6.54 Å². The second-order valence-electron chi connectivity index (χ2n) is 3.63. The van der Waals surface area contributed by atoms with Crippen molar-refractivity contribution in [3.05, 3.63) is 51.2 Å². The van der Waals surface area contributed by atoms with E-state index in [4.69, 9.17) is 22.1 Å². The van der Waals surface area contributed by atoms with Gasteiger partial charge in [-0.2, -0.15) is 0 Å². The van der Waals surface area contributed by atoms with Gasteiger partial charge in [-0.15, -0.1) is 11.3 Å². The van der Waals surface area contributed by atoms with Crippen molar-refractivity contribution in [1.82, 2.24) is 0 Å². The van der Waals surface area contributed by atoms with Crippen LogP contribution in [0, 0.1) is 0 Å². The van der Waals surface area contributed by atoms with Gasteiger partial charge in [-0.05, 0) is 36.0 Å². The van der Waals surface area contributed by atoms with Crippen molar-refractivity contribution >= 4 is 22.9 Å². The van der Waals surface area contributed by atoms with Crippen LogP contribution in [0.1, 0.15) is 10.4 Å². The first-order chi connectivity index (χ1) is 8.31. The minimum atomic E-state index is 0.555. The monoisotopic (exact) mass is 267 g/mol. The summed E-state index contributed by atoms with van der Waals surface area (Å²) in [7, 11) is 0. The Labute approximate surface area is 110 Å². The first-order valence-corrected chi connectivity index (χ1v) is 6.69. The Morgan fingerprint density at radius 1 is 1.24 bits per heavy atom. The Morgan fingerprint density at radius 3 is 2.82 bits per heavy atom. The maximum atomic E-state index is 6.14. The van der Waals surface area contributed by atoms with Crippen LogP contribution in [-0.2, 0) is 13.0 Å². The molecule has 0 bridgehead atoms. The van der Waals surface area contributed by atoms with E-state index < -0.39 is 0 Å². The molecule has 0 aliphatic carbocycles. The number of nitrogens with two attached hydrogens (primary N) is 1. The Morgan fingerprint density at radius 2 is 2.12 bits per heavy atom. The molecule has 4 heteroatoms. The van der Waals surface area contributed by atoms with E-state index in [1.54, 1.807) is 11.3 Å². The number of rotatable bonds is 5.